The van der Waals surface area contributed by atoms with Crippen LogP contribution in [0.4, 0.5) is 0 Å². The van der Waals surface area contributed by atoms with Gasteiger partial charge >= 0.3 is 0 Å². The third-order valence-corrected chi connectivity index (χ3v) is 4.49. The average molecular weight is 254 g/mol. The molecule has 0 aliphatic heterocycles. The molecule has 0 saturated heterocycles. The molecule has 0 amide bonds. The second-order valence-electron chi connectivity index (χ2n) is 5.99. The number of terminal acetylenes is 1. The van der Waals surface area contributed by atoms with Gasteiger partial charge in [-0.25, -0.2) is 0 Å². The Morgan fingerprint density at radius 3 is 2.11 bits per heavy atom. The lowest BCUT2D eigenvalue weighted by Crippen LogP contribution is -2.13. The van der Waals surface area contributed by atoms with Gasteiger partial charge in [0.2, 0.25) is 0 Å². The molecule has 0 heterocycles. The van der Waals surface area contributed by atoms with Gasteiger partial charge in [0.1, 0.15) is 0 Å². The van der Waals surface area contributed by atoms with Crippen LogP contribution in [0, 0.1) is 24.2 Å². The molecule has 0 nitrogen and oxygen atoms in total. The minimum Gasteiger partial charge on any atom is -0.120 e. The Morgan fingerprint density at radius 1 is 1.00 bits per heavy atom. The van der Waals surface area contributed by atoms with Gasteiger partial charge in [0.15, 0.2) is 0 Å². The Bertz CT molecular complexity index is 399. The highest BCUT2D eigenvalue weighted by Crippen LogP contribution is 2.31. The van der Waals surface area contributed by atoms with Gasteiger partial charge in [-0.1, -0.05) is 37.6 Å². The van der Waals surface area contributed by atoms with E-state index in [4.69, 9.17) is 6.42 Å². The molecule has 0 unspecified atom stereocenters. The predicted molar refractivity (Wildman–Crippen MR) is 83.0 cm³/mol. The van der Waals surface area contributed by atoms with Gasteiger partial charge in [-0.05, 0) is 62.0 Å². The molecular formula is C19H26. The third kappa shape index (κ3) is 4.43. The SMILES string of the molecule is C#C[C@H]1CC[C@H](CCc2ccc(CCC)cc2)CC1. The van der Waals surface area contributed by atoms with Crippen LogP contribution in [-0.4, -0.2) is 0 Å². The van der Waals surface area contributed by atoms with Gasteiger partial charge < -0.3 is 0 Å². The highest BCUT2D eigenvalue weighted by atomic mass is 14.2. The van der Waals surface area contributed by atoms with Crippen molar-refractivity contribution in [2.45, 2.75) is 58.3 Å². The van der Waals surface area contributed by atoms with E-state index < -0.39 is 0 Å². The highest BCUT2D eigenvalue weighted by molar-refractivity contribution is 5.22. The molecule has 0 spiro atoms. The Hall–Kier alpha value is -1.22. The van der Waals surface area contributed by atoms with E-state index in [1.165, 1.54) is 62.5 Å². The molecule has 0 bridgehead atoms. The third-order valence-electron chi connectivity index (χ3n) is 4.49. The summed E-state index contributed by atoms with van der Waals surface area (Å²) in [6.45, 7) is 2.24. The molecule has 1 aromatic carbocycles. The zero-order valence-electron chi connectivity index (χ0n) is 12.2. The largest absolute Gasteiger partial charge is 0.120 e. The number of hydrogen-bond acceptors (Lipinski definition) is 0. The zero-order valence-corrected chi connectivity index (χ0v) is 12.2. The van der Waals surface area contributed by atoms with Gasteiger partial charge in [0, 0.05) is 5.92 Å². The van der Waals surface area contributed by atoms with Crippen LogP contribution in [0.25, 0.3) is 0 Å². The van der Waals surface area contributed by atoms with Crippen LogP contribution in [0.5, 0.6) is 0 Å². The predicted octanol–water partition coefficient (Wildman–Crippen LogP) is 5.01. The van der Waals surface area contributed by atoms with Crippen molar-refractivity contribution >= 4 is 0 Å². The second kappa shape index (κ2) is 7.39. The van der Waals surface area contributed by atoms with Gasteiger partial charge in [0.05, 0.1) is 0 Å². The van der Waals surface area contributed by atoms with Crippen molar-refractivity contribution in [2.24, 2.45) is 11.8 Å². The van der Waals surface area contributed by atoms with E-state index in [0.717, 1.165) is 5.92 Å². The molecule has 0 aromatic heterocycles. The monoisotopic (exact) mass is 254 g/mol. The lowest BCUT2D eigenvalue weighted by atomic mass is 9.80. The van der Waals surface area contributed by atoms with Crippen molar-refractivity contribution in [2.75, 3.05) is 0 Å². The maximum absolute atomic E-state index is 5.50. The van der Waals surface area contributed by atoms with Crippen LogP contribution >= 0.6 is 0 Å². The molecule has 0 atom stereocenters. The first-order valence-corrected chi connectivity index (χ1v) is 7.85. The van der Waals surface area contributed by atoms with Gasteiger partial charge in [-0.3, -0.25) is 0 Å². The summed E-state index contributed by atoms with van der Waals surface area (Å²) in [5, 5.41) is 0. The van der Waals surface area contributed by atoms with E-state index in [1.807, 2.05) is 0 Å². The Balaban J connectivity index is 1.75. The summed E-state index contributed by atoms with van der Waals surface area (Å²) in [4.78, 5) is 0. The van der Waals surface area contributed by atoms with Crippen molar-refractivity contribution in [3.05, 3.63) is 35.4 Å². The first kappa shape index (κ1) is 14.2. The lowest BCUT2D eigenvalue weighted by molar-refractivity contribution is 0.302. The summed E-state index contributed by atoms with van der Waals surface area (Å²) < 4.78 is 0. The summed E-state index contributed by atoms with van der Waals surface area (Å²) in [7, 11) is 0. The molecule has 19 heavy (non-hydrogen) atoms. The average Bonchev–Trinajstić information content (AvgIpc) is 2.47. The molecule has 2 rings (SSSR count). The van der Waals surface area contributed by atoms with Crippen molar-refractivity contribution in [1.29, 1.82) is 0 Å². The summed E-state index contributed by atoms with van der Waals surface area (Å²) in [6.07, 6.45) is 15.7. The molecule has 1 aromatic rings. The van der Waals surface area contributed by atoms with Crippen molar-refractivity contribution < 1.29 is 0 Å². The summed E-state index contributed by atoms with van der Waals surface area (Å²) >= 11 is 0. The number of hydrogen-bond donors (Lipinski definition) is 0. The van der Waals surface area contributed by atoms with E-state index in [9.17, 15) is 0 Å². The topological polar surface area (TPSA) is 0 Å². The quantitative estimate of drug-likeness (QED) is 0.648. The minimum atomic E-state index is 0.560. The maximum atomic E-state index is 5.50. The summed E-state index contributed by atoms with van der Waals surface area (Å²) in [5.41, 5.74) is 2.97. The summed E-state index contributed by atoms with van der Waals surface area (Å²) in [6, 6.07) is 9.23. The Labute approximate surface area is 118 Å². The molecular weight excluding hydrogens is 228 g/mol. The Morgan fingerprint density at radius 2 is 1.58 bits per heavy atom. The number of aryl methyl sites for hydroxylation is 2. The second-order valence-corrected chi connectivity index (χ2v) is 5.99. The van der Waals surface area contributed by atoms with Crippen molar-refractivity contribution in [1.82, 2.24) is 0 Å². The molecule has 0 radical (unpaired) electrons. The van der Waals surface area contributed by atoms with Crippen LogP contribution < -0.4 is 0 Å². The van der Waals surface area contributed by atoms with Crippen LogP contribution in [0.3, 0.4) is 0 Å². The van der Waals surface area contributed by atoms with Crippen LogP contribution in [0.15, 0.2) is 24.3 Å². The molecule has 1 fully saturated rings. The van der Waals surface area contributed by atoms with Crippen LogP contribution in [0.1, 0.15) is 56.6 Å². The fourth-order valence-corrected chi connectivity index (χ4v) is 3.15. The van der Waals surface area contributed by atoms with Crippen molar-refractivity contribution in [3.8, 4) is 12.3 Å². The minimum absolute atomic E-state index is 0.560. The van der Waals surface area contributed by atoms with E-state index in [2.05, 4.69) is 37.1 Å². The summed E-state index contributed by atoms with van der Waals surface area (Å²) in [5.74, 6) is 4.38. The fourth-order valence-electron chi connectivity index (χ4n) is 3.15. The lowest BCUT2D eigenvalue weighted by Gasteiger charge is -2.25. The molecule has 0 N–H and O–H groups in total. The van der Waals surface area contributed by atoms with E-state index in [0.29, 0.717) is 5.92 Å². The van der Waals surface area contributed by atoms with E-state index in [-0.39, 0.29) is 0 Å². The van der Waals surface area contributed by atoms with E-state index >= 15 is 0 Å². The smallest absolute Gasteiger partial charge is 0.0200 e. The van der Waals surface area contributed by atoms with E-state index in [1.54, 1.807) is 0 Å². The maximum Gasteiger partial charge on any atom is 0.0200 e. The first-order chi connectivity index (χ1) is 9.31. The molecule has 102 valence electrons. The first-order valence-electron chi connectivity index (χ1n) is 7.85. The van der Waals surface area contributed by atoms with Crippen molar-refractivity contribution in [3.63, 3.8) is 0 Å². The molecule has 1 aliphatic rings. The zero-order chi connectivity index (χ0) is 13.5. The van der Waals surface area contributed by atoms with Gasteiger partial charge in [0.25, 0.3) is 0 Å². The number of rotatable bonds is 5. The Kier molecular flexibility index (Phi) is 5.52. The molecule has 1 aliphatic carbocycles. The van der Waals surface area contributed by atoms with Crippen LogP contribution in [0.2, 0.25) is 0 Å². The number of benzene rings is 1. The highest BCUT2D eigenvalue weighted by Gasteiger charge is 2.19. The molecule has 0 heteroatoms. The van der Waals surface area contributed by atoms with Crippen LogP contribution in [-0.2, 0) is 12.8 Å². The van der Waals surface area contributed by atoms with Gasteiger partial charge in [-0.15, -0.1) is 12.3 Å². The fraction of sp³-hybridized carbons (Fsp3) is 0.579. The van der Waals surface area contributed by atoms with Gasteiger partial charge in [-0.2, -0.15) is 0 Å². The normalized spacial score (nSPS) is 22.9. The molecule has 1 saturated carbocycles. The standard InChI is InChI=1S/C19H26/c1-3-5-17-10-12-19(13-11-17)15-14-18-8-6-16(4-2)7-9-18/h2,10-13,16,18H,3,5-9,14-15H2,1H3/t16-,18-.